The number of anilines is 1. The average Bonchev–Trinajstić information content (AvgIpc) is 2.48. The third-order valence-electron chi connectivity index (χ3n) is 2.72. The molecule has 0 bridgehead atoms. The Kier molecular flexibility index (Phi) is 5.43. The standard InChI is InChI=1S/C15H17N3OS/c1-20-14-7-4-6-13(11-14)18-15(19)17-10-8-12-5-2-3-9-16-12/h2-7,9,11H,8,10H2,1H3,(H2,17,18,19). The summed E-state index contributed by atoms with van der Waals surface area (Å²) >= 11 is 1.65. The molecule has 0 atom stereocenters. The summed E-state index contributed by atoms with van der Waals surface area (Å²) in [6.45, 7) is 0.561. The maximum absolute atomic E-state index is 11.8. The molecule has 2 aromatic rings. The zero-order chi connectivity index (χ0) is 14.2. The molecule has 0 aliphatic rings. The molecular formula is C15H17N3OS. The number of nitrogens with zero attached hydrogens (tertiary/aromatic N) is 1. The molecule has 2 N–H and O–H groups in total. The summed E-state index contributed by atoms with van der Waals surface area (Å²) in [6.07, 6.45) is 4.48. The minimum atomic E-state index is -0.195. The highest BCUT2D eigenvalue weighted by Crippen LogP contribution is 2.18. The van der Waals surface area contributed by atoms with Gasteiger partial charge in [0.05, 0.1) is 0 Å². The first-order valence-electron chi connectivity index (χ1n) is 6.37. The van der Waals surface area contributed by atoms with Crippen LogP contribution in [0.15, 0.2) is 53.6 Å². The third kappa shape index (κ3) is 4.59. The van der Waals surface area contributed by atoms with Gasteiger partial charge in [0.25, 0.3) is 0 Å². The van der Waals surface area contributed by atoms with Crippen LogP contribution in [-0.2, 0) is 6.42 Å². The molecule has 5 heteroatoms. The van der Waals surface area contributed by atoms with E-state index in [0.29, 0.717) is 6.54 Å². The van der Waals surface area contributed by atoms with Gasteiger partial charge in [-0.25, -0.2) is 4.79 Å². The molecule has 2 rings (SSSR count). The van der Waals surface area contributed by atoms with Crippen molar-refractivity contribution >= 4 is 23.5 Å². The molecule has 1 aromatic carbocycles. The highest BCUT2D eigenvalue weighted by Gasteiger charge is 2.02. The van der Waals surface area contributed by atoms with E-state index in [1.807, 2.05) is 48.7 Å². The van der Waals surface area contributed by atoms with Gasteiger partial charge in [-0.05, 0) is 36.6 Å². The molecule has 0 aliphatic heterocycles. The Bertz CT molecular complexity index is 560. The number of amides is 2. The fraction of sp³-hybridized carbons (Fsp3) is 0.200. The van der Waals surface area contributed by atoms with Gasteiger partial charge in [-0.3, -0.25) is 4.98 Å². The number of rotatable bonds is 5. The zero-order valence-corrected chi connectivity index (χ0v) is 12.1. The number of carbonyl (C=O) groups excluding carboxylic acids is 1. The minimum Gasteiger partial charge on any atom is -0.337 e. The van der Waals surface area contributed by atoms with Gasteiger partial charge in [0, 0.05) is 35.4 Å². The molecule has 0 saturated carbocycles. The molecule has 0 spiro atoms. The summed E-state index contributed by atoms with van der Waals surface area (Å²) in [4.78, 5) is 17.1. The van der Waals surface area contributed by atoms with Crippen molar-refractivity contribution in [2.75, 3.05) is 18.1 Å². The predicted octanol–water partition coefficient (Wildman–Crippen LogP) is 3.17. The Balaban J connectivity index is 1.77. The van der Waals surface area contributed by atoms with E-state index >= 15 is 0 Å². The van der Waals surface area contributed by atoms with Crippen LogP contribution in [0.25, 0.3) is 0 Å². The molecule has 1 heterocycles. The molecule has 104 valence electrons. The Hall–Kier alpha value is -2.01. The van der Waals surface area contributed by atoms with Crippen molar-refractivity contribution in [3.8, 4) is 0 Å². The maximum Gasteiger partial charge on any atom is 0.319 e. The van der Waals surface area contributed by atoms with Crippen molar-refractivity contribution in [2.24, 2.45) is 0 Å². The lowest BCUT2D eigenvalue weighted by atomic mass is 10.3. The second kappa shape index (κ2) is 7.55. The van der Waals surface area contributed by atoms with Crippen LogP contribution in [0.3, 0.4) is 0 Å². The first-order valence-corrected chi connectivity index (χ1v) is 7.59. The van der Waals surface area contributed by atoms with E-state index in [9.17, 15) is 4.79 Å². The molecule has 0 unspecified atom stereocenters. The first kappa shape index (κ1) is 14.4. The molecule has 0 radical (unpaired) electrons. The molecule has 0 saturated heterocycles. The summed E-state index contributed by atoms with van der Waals surface area (Å²) in [6, 6.07) is 13.3. The molecule has 0 aliphatic carbocycles. The van der Waals surface area contributed by atoms with E-state index in [4.69, 9.17) is 0 Å². The molecule has 20 heavy (non-hydrogen) atoms. The number of aromatic nitrogens is 1. The van der Waals surface area contributed by atoms with Gasteiger partial charge in [0.15, 0.2) is 0 Å². The topological polar surface area (TPSA) is 54.0 Å². The van der Waals surface area contributed by atoms with Crippen LogP contribution in [0, 0.1) is 0 Å². The second-order valence-corrected chi connectivity index (χ2v) is 5.06. The fourth-order valence-electron chi connectivity index (χ4n) is 1.73. The van der Waals surface area contributed by atoms with Crippen molar-refractivity contribution in [3.05, 3.63) is 54.4 Å². The second-order valence-electron chi connectivity index (χ2n) is 4.18. The van der Waals surface area contributed by atoms with Gasteiger partial charge < -0.3 is 10.6 Å². The molecule has 4 nitrogen and oxygen atoms in total. The predicted molar refractivity (Wildman–Crippen MR) is 83.2 cm³/mol. The lowest BCUT2D eigenvalue weighted by Gasteiger charge is -2.08. The van der Waals surface area contributed by atoms with Gasteiger partial charge >= 0.3 is 6.03 Å². The molecule has 0 fully saturated rings. The number of thioether (sulfide) groups is 1. The van der Waals surface area contributed by atoms with Gasteiger partial charge in [0.2, 0.25) is 0 Å². The van der Waals surface area contributed by atoms with Crippen molar-refractivity contribution in [3.63, 3.8) is 0 Å². The van der Waals surface area contributed by atoms with Gasteiger partial charge in [-0.1, -0.05) is 12.1 Å². The van der Waals surface area contributed by atoms with Crippen molar-refractivity contribution < 1.29 is 4.79 Å². The quantitative estimate of drug-likeness (QED) is 0.831. The first-order chi connectivity index (χ1) is 9.78. The van der Waals surface area contributed by atoms with Crippen molar-refractivity contribution in [1.82, 2.24) is 10.3 Å². The van der Waals surface area contributed by atoms with E-state index in [1.165, 1.54) is 0 Å². The van der Waals surface area contributed by atoms with Gasteiger partial charge in [-0.2, -0.15) is 0 Å². The van der Waals surface area contributed by atoms with Gasteiger partial charge in [0.1, 0.15) is 0 Å². The largest absolute Gasteiger partial charge is 0.337 e. The molecular weight excluding hydrogens is 270 g/mol. The Morgan fingerprint density at radius 3 is 2.90 bits per heavy atom. The van der Waals surface area contributed by atoms with Crippen LogP contribution >= 0.6 is 11.8 Å². The Morgan fingerprint density at radius 2 is 2.15 bits per heavy atom. The van der Waals surface area contributed by atoms with Gasteiger partial charge in [-0.15, -0.1) is 11.8 Å². The molecule has 1 aromatic heterocycles. The number of carbonyl (C=O) groups is 1. The van der Waals surface area contributed by atoms with E-state index in [-0.39, 0.29) is 6.03 Å². The number of benzene rings is 1. The highest BCUT2D eigenvalue weighted by atomic mass is 32.2. The SMILES string of the molecule is CSc1cccc(NC(=O)NCCc2ccccn2)c1. The number of urea groups is 1. The van der Waals surface area contributed by atoms with Crippen LogP contribution in [0.2, 0.25) is 0 Å². The maximum atomic E-state index is 11.8. The molecule has 2 amide bonds. The Labute approximate surface area is 123 Å². The van der Waals surface area contributed by atoms with Crippen LogP contribution < -0.4 is 10.6 Å². The smallest absolute Gasteiger partial charge is 0.319 e. The summed E-state index contributed by atoms with van der Waals surface area (Å²) < 4.78 is 0. The number of pyridine rings is 1. The lowest BCUT2D eigenvalue weighted by molar-refractivity contribution is 0.252. The summed E-state index contributed by atoms with van der Waals surface area (Å²) in [5, 5.41) is 5.64. The normalized spacial score (nSPS) is 10.1. The van der Waals surface area contributed by atoms with E-state index in [2.05, 4.69) is 15.6 Å². The highest BCUT2D eigenvalue weighted by molar-refractivity contribution is 7.98. The van der Waals surface area contributed by atoms with E-state index < -0.39 is 0 Å². The van der Waals surface area contributed by atoms with Crippen LogP contribution in [0.4, 0.5) is 10.5 Å². The summed E-state index contributed by atoms with van der Waals surface area (Å²) in [5.41, 5.74) is 1.77. The number of hydrogen-bond donors (Lipinski definition) is 2. The lowest BCUT2D eigenvalue weighted by Crippen LogP contribution is -2.30. The average molecular weight is 287 g/mol. The Morgan fingerprint density at radius 1 is 1.25 bits per heavy atom. The number of nitrogens with one attached hydrogen (secondary N) is 2. The fourth-order valence-corrected chi connectivity index (χ4v) is 2.19. The van der Waals surface area contributed by atoms with Crippen LogP contribution in [0.5, 0.6) is 0 Å². The number of hydrogen-bond acceptors (Lipinski definition) is 3. The van der Waals surface area contributed by atoms with E-state index in [0.717, 1.165) is 22.7 Å². The minimum absolute atomic E-state index is 0.195. The monoisotopic (exact) mass is 287 g/mol. The van der Waals surface area contributed by atoms with Crippen LogP contribution in [-0.4, -0.2) is 23.8 Å². The zero-order valence-electron chi connectivity index (χ0n) is 11.3. The summed E-state index contributed by atoms with van der Waals surface area (Å²) in [5.74, 6) is 0. The summed E-state index contributed by atoms with van der Waals surface area (Å²) in [7, 11) is 0. The third-order valence-corrected chi connectivity index (χ3v) is 3.45. The van der Waals surface area contributed by atoms with Crippen LogP contribution in [0.1, 0.15) is 5.69 Å². The van der Waals surface area contributed by atoms with Crippen molar-refractivity contribution in [1.29, 1.82) is 0 Å². The van der Waals surface area contributed by atoms with Crippen molar-refractivity contribution in [2.45, 2.75) is 11.3 Å². The van der Waals surface area contributed by atoms with E-state index in [1.54, 1.807) is 18.0 Å².